The third kappa shape index (κ3) is 49.2. The second kappa shape index (κ2) is 50.2. The molecule has 8 nitrogen and oxygen atoms in total. The van der Waals surface area contributed by atoms with Crippen LogP contribution in [0.2, 0.25) is 0 Å². The smallest absolute Gasteiger partial charge is 0.457 e. The highest BCUT2D eigenvalue weighted by molar-refractivity contribution is 7.47. The number of allylic oxidation sites excluding steroid dienone is 10. The maximum Gasteiger partial charge on any atom is 0.472 e. The highest BCUT2D eigenvalue weighted by atomic mass is 31.2. The molecule has 3 N–H and O–H groups in total. The van der Waals surface area contributed by atoms with Crippen molar-refractivity contribution in [3.63, 3.8) is 0 Å². The second-order valence-electron chi connectivity index (χ2n) is 17.0. The standard InChI is InChI=1S/C53H98NO7P/c1-3-5-7-9-11-13-15-17-19-21-23-25-26-27-28-30-32-34-36-38-40-42-44-46-53(55)61-52(51-60-62(56,57)59-49-47-54)50-58-48-45-43-41-39-37-35-33-31-29-24-22-20-18-16-14-12-10-8-6-4-2/h5,7,11,13,17,19,23,25,27-28,52H,3-4,6,8-10,12,14-16,18,20-22,24,26,29-51,54H2,1-2H3,(H,56,57)/b7-5-,13-11-,19-17-,25-23-,28-27-. The SMILES string of the molecule is CC/C=C\C/C=C\C/C=C\C/C=C\C/C=C\CCCCCCCCCC(=O)OC(COCCCCCCCCCCCCCCCCCCCCCC)COP(=O)(O)OCCN. The molecule has 9 heteroatoms. The number of nitrogens with two attached hydrogens (primary N) is 1. The average molecular weight is 892 g/mol. The third-order valence-corrected chi connectivity index (χ3v) is 11.9. The van der Waals surface area contributed by atoms with E-state index in [-0.39, 0.29) is 32.3 Å². The zero-order valence-electron chi connectivity index (χ0n) is 40.3. The molecule has 0 aromatic carbocycles. The van der Waals surface area contributed by atoms with Gasteiger partial charge < -0.3 is 20.1 Å². The van der Waals surface area contributed by atoms with E-state index >= 15 is 0 Å². The van der Waals surface area contributed by atoms with Crippen LogP contribution in [0.1, 0.15) is 232 Å². The van der Waals surface area contributed by atoms with Crippen molar-refractivity contribution in [1.29, 1.82) is 0 Å². The Morgan fingerprint density at radius 2 is 0.903 bits per heavy atom. The van der Waals surface area contributed by atoms with Crippen molar-refractivity contribution in [3.05, 3.63) is 60.8 Å². The quantitative estimate of drug-likeness (QED) is 0.0268. The van der Waals surface area contributed by atoms with Crippen molar-refractivity contribution in [1.82, 2.24) is 0 Å². The Bertz CT molecular complexity index is 1140. The van der Waals surface area contributed by atoms with Gasteiger partial charge in [0, 0.05) is 19.6 Å². The van der Waals surface area contributed by atoms with Crippen LogP contribution in [0, 0.1) is 0 Å². The van der Waals surface area contributed by atoms with Gasteiger partial charge in [-0.05, 0) is 57.8 Å². The van der Waals surface area contributed by atoms with E-state index in [2.05, 4.69) is 74.6 Å². The molecule has 0 fully saturated rings. The summed E-state index contributed by atoms with van der Waals surface area (Å²) in [4.78, 5) is 22.6. The zero-order chi connectivity index (χ0) is 45.1. The topological polar surface area (TPSA) is 117 Å². The summed E-state index contributed by atoms with van der Waals surface area (Å²) in [5.41, 5.74) is 5.39. The number of ether oxygens (including phenoxy) is 2. The molecule has 0 radical (unpaired) electrons. The van der Waals surface area contributed by atoms with Crippen molar-refractivity contribution in [2.45, 2.75) is 238 Å². The summed E-state index contributed by atoms with van der Waals surface area (Å²) in [7, 11) is -4.29. The molecule has 0 aromatic rings. The lowest BCUT2D eigenvalue weighted by Gasteiger charge is -2.20. The first-order chi connectivity index (χ1) is 30.4. The second-order valence-corrected chi connectivity index (χ2v) is 18.5. The first-order valence-electron chi connectivity index (χ1n) is 25.8. The minimum Gasteiger partial charge on any atom is -0.457 e. The van der Waals surface area contributed by atoms with Crippen LogP contribution in [0.3, 0.4) is 0 Å². The summed E-state index contributed by atoms with van der Waals surface area (Å²) in [6.07, 6.45) is 62.5. The number of carbonyl (C=O) groups is 1. The van der Waals surface area contributed by atoms with Crippen LogP contribution in [0.4, 0.5) is 0 Å². The Morgan fingerprint density at radius 3 is 1.35 bits per heavy atom. The zero-order valence-corrected chi connectivity index (χ0v) is 41.2. The fourth-order valence-corrected chi connectivity index (χ4v) is 7.97. The van der Waals surface area contributed by atoms with Crippen molar-refractivity contribution in [2.24, 2.45) is 5.73 Å². The number of phosphoric ester groups is 1. The molecule has 0 heterocycles. The number of rotatable bonds is 49. The maximum atomic E-state index is 12.7. The third-order valence-electron chi connectivity index (χ3n) is 10.9. The summed E-state index contributed by atoms with van der Waals surface area (Å²) < 4.78 is 33.6. The van der Waals surface area contributed by atoms with Crippen molar-refractivity contribution >= 4 is 13.8 Å². The van der Waals surface area contributed by atoms with E-state index in [1.807, 2.05) is 0 Å². The van der Waals surface area contributed by atoms with Crippen LogP contribution in [-0.4, -0.2) is 49.9 Å². The lowest BCUT2D eigenvalue weighted by Crippen LogP contribution is -2.28. The Kier molecular flexibility index (Phi) is 48.7. The summed E-state index contributed by atoms with van der Waals surface area (Å²) >= 11 is 0. The molecule has 2 unspecified atom stereocenters. The summed E-state index contributed by atoms with van der Waals surface area (Å²) in [5, 5.41) is 0. The van der Waals surface area contributed by atoms with Crippen molar-refractivity contribution in [3.8, 4) is 0 Å². The highest BCUT2D eigenvalue weighted by Gasteiger charge is 2.25. The Labute approximate surface area is 383 Å². The van der Waals surface area contributed by atoms with Crippen LogP contribution in [0.15, 0.2) is 60.8 Å². The Hall–Kier alpha value is -1.80. The number of esters is 1. The lowest BCUT2D eigenvalue weighted by molar-refractivity contribution is -0.154. The largest absolute Gasteiger partial charge is 0.472 e. The van der Waals surface area contributed by atoms with E-state index in [4.69, 9.17) is 24.3 Å². The van der Waals surface area contributed by atoms with E-state index in [1.54, 1.807) is 0 Å². The fraction of sp³-hybridized carbons (Fsp3) is 0.792. The highest BCUT2D eigenvalue weighted by Crippen LogP contribution is 2.43. The van der Waals surface area contributed by atoms with Crippen LogP contribution in [0.5, 0.6) is 0 Å². The summed E-state index contributed by atoms with van der Waals surface area (Å²) in [6, 6.07) is 0. The molecule has 62 heavy (non-hydrogen) atoms. The molecule has 0 aliphatic carbocycles. The van der Waals surface area contributed by atoms with E-state index in [0.717, 1.165) is 70.6 Å². The molecule has 362 valence electrons. The Morgan fingerprint density at radius 1 is 0.500 bits per heavy atom. The van der Waals surface area contributed by atoms with Gasteiger partial charge in [0.15, 0.2) is 0 Å². The summed E-state index contributed by atoms with van der Waals surface area (Å²) in [5.74, 6) is -0.339. The van der Waals surface area contributed by atoms with E-state index in [0.29, 0.717) is 13.0 Å². The van der Waals surface area contributed by atoms with Gasteiger partial charge in [-0.2, -0.15) is 0 Å². The van der Waals surface area contributed by atoms with Gasteiger partial charge in [-0.15, -0.1) is 0 Å². The number of phosphoric acid groups is 1. The molecule has 0 aliphatic rings. The van der Waals surface area contributed by atoms with E-state index in [1.165, 1.54) is 141 Å². The van der Waals surface area contributed by atoms with Gasteiger partial charge in [0.05, 0.1) is 19.8 Å². The van der Waals surface area contributed by atoms with Crippen LogP contribution >= 0.6 is 7.82 Å². The first kappa shape index (κ1) is 60.2. The molecule has 0 spiro atoms. The van der Waals surface area contributed by atoms with Gasteiger partial charge in [0.25, 0.3) is 0 Å². The minimum absolute atomic E-state index is 0.0972. The number of carbonyl (C=O) groups excluding carboxylic acids is 1. The molecule has 0 saturated heterocycles. The number of hydrogen-bond donors (Lipinski definition) is 2. The summed E-state index contributed by atoms with van der Waals surface area (Å²) in [6.45, 7) is 4.83. The molecular weight excluding hydrogens is 794 g/mol. The van der Waals surface area contributed by atoms with Crippen molar-refractivity contribution in [2.75, 3.05) is 33.0 Å². The van der Waals surface area contributed by atoms with Gasteiger partial charge in [-0.3, -0.25) is 13.8 Å². The maximum absolute atomic E-state index is 12.7. The molecule has 0 bridgehead atoms. The fourth-order valence-electron chi connectivity index (χ4n) is 7.20. The molecule has 0 aromatic heterocycles. The van der Waals surface area contributed by atoms with Crippen LogP contribution in [0.25, 0.3) is 0 Å². The van der Waals surface area contributed by atoms with Gasteiger partial charge >= 0.3 is 13.8 Å². The van der Waals surface area contributed by atoms with Gasteiger partial charge in [-0.1, -0.05) is 229 Å². The minimum atomic E-state index is -4.29. The molecule has 0 aliphatic heterocycles. The number of hydrogen-bond acceptors (Lipinski definition) is 7. The predicted molar refractivity (Wildman–Crippen MR) is 266 cm³/mol. The molecule has 0 rings (SSSR count). The van der Waals surface area contributed by atoms with Gasteiger partial charge in [-0.25, -0.2) is 4.57 Å². The van der Waals surface area contributed by atoms with Crippen LogP contribution < -0.4 is 5.73 Å². The van der Waals surface area contributed by atoms with Crippen molar-refractivity contribution < 1.29 is 32.8 Å². The molecular formula is C53H98NO7P. The Balaban J connectivity index is 3.97. The molecule has 2 atom stereocenters. The predicted octanol–water partition coefficient (Wildman–Crippen LogP) is 16.1. The van der Waals surface area contributed by atoms with Crippen LogP contribution in [-0.2, 0) is 27.9 Å². The monoisotopic (exact) mass is 892 g/mol. The number of unbranched alkanes of at least 4 members (excludes halogenated alkanes) is 26. The molecule has 0 saturated carbocycles. The van der Waals surface area contributed by atoms with Gasteiger partial charge in [0.2, 0.25) is 0 Å². The average Bonchev–Trinajstić information content (AvgIpc) is 3.26. The normalized spacial score (nSPS) is 13.8. The lowest BCUT2D eigenvalue weighted by atomic mass is 10.0. The first-order valence-corrected chi connectivity index (χ1v) is 27.3. The van der Waals surface area contributed by atoms with E-state index in [9.17, 15) is 14.3 Å². The van der Waals surface area contributed by atoms with E-state index < -0.39 is 13.9 Å². The van der Waals surface area contributed by atoms with Gasteiger partial charge in [0.1, 0.15) is 6.10 Å². The molecule has 0 amide bonds.